The molecule has 0 bridgehead atoms. The first kappa shape index (κ1) is 12.3. The topological polar surface area (TPSA) is 68.7 Å². The van der Waals surface area contributed by atoms with E-state index < -0.39 is 5.97 Å². The zero-order chi connectivity index (χ0) is 12.1. The van der Waals surface area contributed by atoms with Crippen LogP contribution in [-0.2, 0) is 9.47 Å². The fraction of sp³-hybridized carbons (Fsp3) is 0.455. The fourth-order valence-electron chi connectivity index (χ4n) is 1.47. The van der Waals surface area contributed by atoms with Gasteiger partial charge in [0.1, 0.15) is 11.8 Å². The Morgan fingerprint density at radius 1 is 1.65 bits per heavy atom. The van der Waals surface area contributed by atoms with Crippen LogP contribution >= 0.6 is 11.8 Å². The van der Waals surface area contributed by atoms with Crippen molar-refractivity contribution in [3.05, 3.63) is 23.9 Å². The van der Waals surface area contributed by atoms with Crippen molar-refractivity contribution in [2.24, 2.45) is 0 Å². The molecule has 1 aliphatic heterocycles. The highest BCUT2D eigenvalue weighted by atomic mass is 32.2. The quantitative estimate of drug-likeness (QED) is 0.825. The van der Waals surface area contributed by atoms with Gasteiger partial charge in [-0.2, -0.15) is 0 Å². The van der Waals surface area contributed by atoms with Gasteiger partial charge >= 0.3 is 5.97 Å². The summed E-state index contributed by atoms with van der Waals surface area (Å²) in [4.78, 5) is 15.0. The fourth-order valence-corrected chi connectivity index (χ4v) is 2.53. The maximum Gasteiger partial charge on any atom is 0.338 e. The Hall–Kier alpha value is -1.11. The van der Waals surface area contributed by atoms with E-state index >= 15 is 0 Å². The number of thioether (sulfide) groups is 1. The number of pyridine rings is 1. The molecule has 1 aromatic rings. The van der Waals surface area contributed by atoms with E-state index in [-0.39, 0.29) is 11.7 Å². The predicted molar refractivity (Wildman–Crippen MR) is 62.2 cm³/mol. The first-order valence-electron chi connectivity index (χ1n) is 5.28. The molecule has 1 atom stereocenters. The second kappa shape index (κ2) is 6.00. The molecular formula is C11H13NO4S. The molecule has 2 heterocycles. The molecule has 0 spiro atoms. The predicted octanol–water partition coefficient (Wildman–Crippen LogP) is 1.63. The lowest BCUT2D eigenvalue weighted by atomic mass is 10.3. The molecule has 1 aliphatic rings. The minimum absolute atomic E-state index is 0.109. The summed E-state index contributed by atoms with van der Waals surface area (Å²) in [6.45, 7) is 1.01. The first-order valence-corrected chi connectivity index (χ1v) is 6.26. The molecule has 1 N–H and O–H groups in total. The van der Waals surface area contributed by atoms with Gasteiger partial charge in [-0.05, 0) is 18.6 Å². The Morgan fingerprint density at radius 3 is 3.24 bits per heavy atom. The first-order chi connectivity index (χ1) is 8.27. The van der Waals surface area contributed by atoms with Crippen LogP contribution < -0.4 is 0 Å². The van der Waals surface area contributed by atoms with Crippen LogP contribution in [0.15, 0.2) is 23.4 Å². The number of aromatic carboxylic acids is 1. The Morgan fingerprint density at radius 2 is 2.53 bits per heavy atom. The summed E-state index contributed by atoms with van der Waals surface area (Å²) in [6.07, 6.45) is 2.54. The van der Waals surface area contributed by atoms with Crippen molar-refractivity contribution in [2.45, 2.75) is 17.6 Å². The average molecular weight is 255 g/mol. The monoisotopic (exact) mass is 255 g/mol. The van der Waals surface area contributed by atoms with E-state index in [0.717, 1.165) is 6.42 Å². The summed E-state index contributed by atoms with van der Waals surface area (Å²) >= 11 is 1.41. The number of carboxylic acid groups (broad SMARTS) is 1. The Labute approximate surface area is 103 Å². The third-order valence-corrected chi connectivity index (χ3v) is 3.52. The van der Waals surface area contributed by atoms with Crippen LogP contribution in [0, 0.1) is 0 Å². The SMILES string of the molecule is O=C(O)c1cccnc1SCC1CCOCO1. The summed E-state index contributed by atoms with van der Waals surface area (Å²) in [7, 11) is 0. The molecule has 92 valence electrons. The van der Waals surface area contributed by atoms with Crippen LogP contribution in [0.5, 0.6) is 0 Å². The zero-order valence-electron chi connectivity index (χ0n) is 9.17. The van der Waals surface area contributed by atoms with Gasteiger partial charge in [-0.15, -0.1) is 11.8 Å². The summed E-state index contributed by atoms with van der Waals surface area (Å²) < 4.78 is 10.5. The number of carboxylic acids is 1. The lowest BCUT2D eigenvalue weighted by molar-refractivity contribution is -0.130. The number of hydrogen-bond donors (Lipinski definition) is 1. The average Bonchev–Trinajstić information content (AvgIpc) is 2.38. The maximum absolute atomic E-state index is 11.0. The largest absolute Gasteiger partial charge is 0.478 e. The molecular weight excluding hydrogens is 242 g/mol. The number of aromatic nitrogens is 1. The number of hydrogen-bond acceptors (Lipinski definition) is 5. The van der Waals surface area contributed by atoms with Gasteiger partial charge in [0, 0.05) is 11.9 Å². The Kier molecular flexibility index (Phi) is 4.36. The molecule has 5 nitrogen and oxygen atoms in total. The number of nitrogens with zero attached hydrogens (tertiary/aromatic N) is 1. The lowest BCUT2D eigenvalue weighted by Crippen LogP contribution is -2.25. The van der Waals surface area contributed by atoms with Gasteiger partial charge in [0.15, 0.2) is 0 Å². The molecule has 2 rings (SSSR count). The van der Waals surface area contributed by atoms with E-state index in [9.17, 15) is 4.79 Å². The highest BCUT2D eigenvalue weighted by Gasteiger charge is 2.17. The highest BCUT2D eigenvalue weighted by molar-refractivity contribution is 7.99. The minimum atomic E-state index is -0.950. The lowest BCUT2D eigenvalue weighted by Gasteiger charge is -2.22. The van der Waals surface area contributed by atoms with Crippen LogP contribution in [0.3, 0.4) is 0 Å². The van der Waals surface area contributed by atoms with Crippen molar-refractivity contribution >= 4 is 17.7 Å². The van der Waals surface area contributed by atoms with Gasteiger partial charge < -0.3 is 14.6 Å². The molecule has 1 aromatic heterocycles. The van der Waals surface area contributed by atoms with E-state index in [1.165, 1.54) is 11.8 Å². The molecule has 0 amide bonds. The molecule has 17 heavy (non-hydrogen) atoms. The van der Waals surface area contributed by atoms with Crippen molar-refractivity contribution in [3.8, 4) is 0 Å². The normalized spacial score (nSPS) is 20.1. The van der Waals surface area contributed by atoms with E-state index in [1.807, 2.05) is 0 Å². The van der Waals surface area contributed by atoms with Crippen molar-refractivity contribution in [1.82, 2.24) is 4.98 Å². The number of carbonyl (C=O) groups is 1. The molecule has 0 saturated carbocycles. The number of rotatable bonds is 4. The van der Waals surface area contributed by atoms with E-state index in [0.29, 0.717) is 24.2 Å². The van der Waals surface area contributed by atoms with Gasteiger partial charge in [-0.25, -0.2) is 9.78 Å². The third-order valence-electron chi connectivity index (χ3n) is 2.38. The summed E-state index contributed by atoms with van der Waals surface area (Å²) in [5, 5.41) is 9.54. The van der Waals surface area contributed by atoms with Crippen LogP contribution in [0.25, 0.3) is 0 Å². The van der Waals surface area contributed by atoms with Gasteiger partial charge in [0.2, 0.25) is 0 Å². The number of ether oxygens (including phenoxy) is 2. The molecule has 1 unspecified atom stereocenters. The summed E-state index contributed by atoms with van der Waals surface area (Å²) in [5.74, 6) is -0.255. The molecule has 1 saturated heterocycles. The smallest absolute Gasteiger partial charge is 0.338 e. The summed E-state index contributed by atoms with van der Waals surface area (Å²) in [5.41, 5.74) is 0.240. The Bertz CT molecular complexity index is 393. The molecule has 0 aliphatic carbocycles. The molecule has 1 fully saturated rings. The standard InChI is InChI=1S/C11H13NO4S/c13-11(14)9-2-1-4-12-10(9)17-6-8-3-5-15-7-16-8/h1-2,4,8H,3,5-7H2,(H,13,14). The van der Waals surface area contributed by atoms with Crippen LogP contribution in [-0.4, -0.2) is 41.3 Å². The highest BCUT2D eigenvalue weighted by Crippen LogP contribution is 2.23. The van der Waals surface area contributed by atoms with E-state index in [2.05, 4.69) is 4.98 Å². The van der Waals surface area contributed by atoms with Crippen molar-refractivity contribution in [1.29, 1.82) is 0 Å². The molecule has 6 heteroatoms. The van der Waals surface area contributed by atoms with Gasteiger partial charge in [-0.3, -0.25) is 0 Å². The van der Waals surface area contributed by atoms with E-state index in [1.54, 1.807) is 18.3 Å². The Balaban J connectivity index is 1.96. The van der Waals surface area contributed by atoms with Crippen molar-refractivity contribution in [3.63, 3.8) is 0 Å². The van der Waals surface area contributed by atoms with Crippen LogP contribution in [0.2, 0.25) is 0 Å². The second-order valence-corrected chi connectivity index (χ2v) is 4.58. The third kappa shape index (κ3) is 3.42. The zero-order valence-corrected chi connectivity index (χ0v) is 9.98. The van der Waals surface area contributed by atoms with Crippen LogP contribution in [0.1, 0.15) is 16.8 Å². The van der Waals surface area contributed by atoms with E-state index in [4.69, 9.17) is 14.6 Å². The van der Waals surface area contributed by atoms with Crippen molar-refractivity contribution < 1.29 is 19.4 Å². The molecule has 0 radical (unpaired) electrons. The minimum Gasteiger partial charge on any atom is -0.478 e. The summed E-state index contributed by atoms with van der Waals surface area (Å²) in [6, 6.07) is 3.18. The second-order valence-electron chi connectivity index (χ2n) is 3.58. The van der Waals surface area contributed by atoms with Gasteiger partial charge in [0.25, 0.3) is 0 Å². The van der Waals surface area contributed by atoms with Crippen LogP contribution in [0.4, 0.5) is 0 Å². The van der Waals surface area contributed by atoms with Crippen molar-refractivity contribution in [2.75, 3.05) is 19.2 Å². The van der Waals surface area contributed by atoms with Gasteiger partial charge in [-0.1, -0.05) is 0 Å². The molecule has 0 aromatic carbocycles. The maximum atomic E-state index is 11.0. The van der Waals surface area contributed by atoms with Gasteiger partial charge in [0.05, 0.1) is 18.3 Å².